The van der Waals surface area contributed by atoms with E-state index in [0.717, 1.165) is 5.56 Å². The molecular formula is C27H24FNO5. The van der Waals surface area contributed by atoms with Crippen molar-refractivity contribution in [1.29, 1.82) is 0 Å². The zero-order chi connectivity index (χ0) is 24.2. The summed E-state index contributed by atoms with van der Waals surface area (Å²) in [6.45, 7) is 0.204. The number of carbonyl (C=O) groups is 2. The number of amides is 1. The van der Waals surface area contributed by atoms with E-state index in [1.165, 1.54) is 31.3 Å². The first-order chi connectivity index (χ1) is 16.5. The number of nitrogens with zero attached hydrogens (tertiary/aromatic N) is 1. The molecule has 1 unspecified atom stereocenters. The Bertz CT molecular complexity index is 1220. The number of carbonyl (C=O) groups excluding carboxylic acids is 2. The van der Waals surface area contributed by atoms with E-state index in [1.807, 2.05) is 6.07 Å². The van der Waals surface area contributed by atoms with E-state index in [2.05, 4.69) is 0 Å². The summed E-state index contributed by atoms with van der Waals surface area (Å²) in [6, 6.07) is 19.2. The number of halogens is 1. The van der Waals surface area contributed by atoms with Gasteiger partial charge in [-0.3, -0.25) is 9.59 Å². The van der Waals surface area contributed by atoms with Crippen LogP contribution in [-0.2, 0) is 16.0 Å². The van der Waals surface area contributed by atoms with Gasteiger partial charge in [-0.05, 0) is 41.8 Å². The van der Waals surface area contributed by atoms with Gasteiger partial charge in [0.1, 0.15) is 28.6 Å². The molecule has 1 aliphatic rings. The first-order valence-electron chi connectivity index (χ1n) is 10.8. The molecule has 0 aliphatic carbocycles. The fourth-order valence-electron chi connectivity index (χ4n) is 4.21. The number of rotatable bonds is 7. The zero-order valence-electron chi connectivity index (χ0n) is 18.8. The number of hydrogen-bond acceptors (Lipinski definition) is 5. The molecule has 3 aromatic carbocycles. The van der Waals surface area contributed by atoms with Crippen LogP contribution in [0, 0.1) is 5.82 Å². The van der Waals surface area contributed by atoms with Gasteiger partial charge < -0.3 is 19.5 Å². The van der Waals surface area contributed by atoms with Crippen molar-refractivity contribution in [1.82, 2.24) is 4.90 Å². The van der Waals surface area contributed by atoms with E-state index >= 15 is 0 Å². The first kappa shape index (κ1) is 23.0. The standard InChI is InChI=1S/C27H24FNO5/c1-33-20-9-6-10-21(34-2)22(20)25(30)23-24(18-7-4-3-5-8-18)29(27(32)26(23)31)16-15-17-11-13-19(28)14-12-17/h3-14,24,30H,15-16H2,1-2H3/b25-23+. The third-order valence-corrected chi connectivity index (χ3v) is 5.87. The van der Waals surface area contributed by atoms with Gasteiger partial charge in [0.25, 0.3) is 11.7 Å². The van der Waals surface area contributed by atoms with Crippen molar-refractivity contribution in [2.75, 3.05) is 20.8 Å². The molecule has 0 spiro atoms. The first-order valence-corrected chi connectivity index (χ1v) is 10.8. The second-order valence-corrected chi connectivity index (χ2v) is 7.82. The topological polar surface area (TPSA) is 76.1 Å². The minimum absolute atomic E-state index is 0.0434. The van der Waals surface area contributed by atoms with Crippen molar-refractivity contribution < 1.29 is 28.6 Å². The highest BCUT2D eigenvalue weighted by Gasteiger charge is 2.46. The summed E-state index contributed by atoms with van der Waals surface area (Å²) < 4.78 is 24.1. The van der Waals surface area contributed by atoms with Gasteiger partial charge in [-0.1, -0.05) is 48.5 Å². The van der Waals surface area contributed by atoms with Crippen molar-refractivity contribution in [3.05, 3.63) is 101 Å². The molecule has 1 atom stereocenters. The van der Waals surface area contributed by atoms with Crippen LogP contribution in [-0.4, -0.2) is 42.5 Å². The summed E-state index contributed by atoms with van der Waals surface area (Å²) >= 11 is 0. The number of likely N-dealkylation sites (tertiary alicyclic amines) is 1. The van der Waals surface area contributed by atoms with Crippen LogP contribution in [0.1, 0.15) is 22.7 Å². The molecule has 1 aliphatic heterocycles. The van der Waals surface area contributed by atoms with E-state index in [-0.39, 0.29) is 29.3 Å². The molecule has 1 amide bonds. The lowest BCUT2D eigenvalue weighted by Gasteiger charge is -2.25. The van der Waals surface area contributed by atoms with Crippen molar-refractivity contribution in [3.8, 4) is 11.5 Å². The van der Waals surface area contributed by atoms with Gasteiger partial charge in [0, 0.05) is 6.54 Å². The molecule has 3 aromatic rings. The van der Waals surface area contributed by atoms with Crippen LogP contribution in [0.3, 0.4) is 0 Å². The minimum atomic E-state index is -0.809. The van der Waals surface area contributed by atoms with Gasteiger partial charge in [0.05, 0.1) is 25.8 Å². The molecule has 1 N–H and O–H groups in total. The van der Waals surface area contributed by atoms with Crippen molar-refractivity contribution in [2.45, 2.75) is 12.5 Å². The van der Waals surface area contributed by atoms with Gasteiger partial charge in [-0.25, -0.2) is 4.39 Å². The maximum Gasteiger partial charge on any atom is 0.295 e. The maximum atomic E-state index is 13.3. The molecule has 0 aromatic heterocycles. The summed E-state index contributed by atoms with van der Waals surface area (Å²) in [6.07, 6.45) is 0.411. The van der Waals surface area contributed by atoms with Gasteiger partial charge in [-0.2, -0.15) is 0 Å². The fraction of sp³-hybridized carbons (Fsp3) is 0.185. The number of ketones is 1. The van der Waals surface area contributed by atoms with Gasteiger partial charge >= 0.3 is 0 Å². The fourth-order valence-corrected chi connectivity index (χ4v) is 4.21. The maximum absolute atomic E-state index is 13.3. The van der Waals surface area contributed by atoms with Crippen LogP contribution in [0.15, 0.2) is 78.4 Å². The molecule has 4 rings (SSSR count). The Hall–Kier alpha value is -4.13. The molecule has 1 heterocycles. The third kappa shape index (κ3) is 4.24. The highest BCUT2D eigenvalue weighted by molar-refractivity contribution is 6.46. The number of benzene rings is 3. The lowest BCUT2D eigenvalue weighted by atomic mass is 9.94. The highest BCUT2D eigenvalue weighted by atomic mass is 19.1. The molecule has 34 heavy (non-hydrogen) atoms. The number of aliphatic hydroxyl groups is 1. The summed E-state index contributed by atoms with van der Waals surface area (Å²) in [5.41, 5.74) is 1.65. The number of ether oxygens (including phenoxy) is 2. The van der Waals surface area contributed by atoms with E-state index < -0.39 is 17.7 Å². The van der Waals surface area contributed by atoms with E-state index in [1.54, 1.807) is 54.6 Å². The van der Waals surface area contributed by atoms with Gasteiger partial charge in [0.2, 0.25) is 0 Å². The largest absolute Gasteiger partial charge is 0.506 e. The SMILES string of the molecule is COc1cccc(OC)c1/C(O)=C1\C(=O)C(=O)N(CCc2ccc(F)cc2)C1c1ccccc1. The van der Waals surface area contributed by atoms with E-state index in [9.17, 15) is 19.1 Å². The van der Waals surface area contributed by atoms with Crippen molar-refractivity contribution >= 4 is 17.4 Å². The highest BCUT2D eigenvalue weighted by Crippen LogP contribution is 2.43. The van der Waals surface area contributed by atoms with Crippen molar-refractivity contribution in [2.24, 2.45) is 0 Å². The Morgan fingerprint density at radius 2 is 1.53 bits per heavy atom. The van der Waals surface area contributed by atoms with Crippen LogP contribution in [0.4, 0.5) is 4.39 Å². The van der Waals surface area contributed by atoms with Crippen molar-refractivity contribution in [3.63, 3.8) is 0 Å². The summed E-state index contributed by atoms with van der Waals surface area (Å²) in [7, 11) is 2.89. The third-order valence-electron chi connectivity index (χ3n) is 5.87. The summed E-state index contributed by atoms with van der Waals surface area (Å²) in [4.78, 5) is 27.8. The smallest absolute Gasteiger partial charge is 0.295 e. The second-order valence-electron chi connectivity index (χ2n) is 7.82. The molecule has 1 fully saturated rings. The van der Waals surface area contributed by atoms with Crippen LogP contribution >= 0.6 is 0 Å². The van der Waals surface area contributed by atoms with E-state index in [0.29, 0.717) is 23.5 Å². The van der Waals surface area contributed by atoms with Crippen LogP contribution in [0.5, 0.6) is 11.5 Å². The Morgan fingerprint density at radius 1 is 0.912 bits per heavy atom. The van der Waals surface area contributed by atoms with E-state index in [4.69, 9.17) is 9.47 Å². The lowest BCUT2D eigenvalue weighted by Crippen LogP contribution is -2.31. The predicted molar refractivity (Wildman–Crippen MR) is 125 cm³/mol. The average molecular weight is 461 g/mol. The molecule has 7 heteroatoms. The Morgan fingerprint density at radius 3 is 2.12 bits per heavy atom. The predicted octanol–water partition coefficient (Wildman–Crippen LogP) is 4.51. The average Bonchev–Trinajstić information content (AvgIpc) is 3.12. The molecule has 0 bridgehead atoms. The molecular weight excluding hydrogens is 437 g/mol. The molecule has 1 saturated heterocycles. The Labute approximate surface area is 196 Å². The molecule has 6 nitrogen and oxygen atoms in total. The van der Waals surface area contributed by atoms with Gasteiger partial charge in [-0.15, -0.1) is 0 Å². The second kappa shape index (κ2) is 9.79. The number of Topliss-reactive ketones (excluding diaryl/α,β-unsaturated/α-hetero) is 1. The van der Waals surface area contributed by atoms with Gasteiger partial charge in [0.15, 0.2) is 0 Å². The quantitative estimate of drug-likeness (QED) is 0.318. The number of hydrogen-bond donors (Lipinski definition) is 1. The molecule has 174 valence electrons. The number of aliphatic hydroxyl groups excluding tert-OH is 1. The molecule has 0 radical (unpaired) electrons. The van der Waals surface area contributed by atoms with Crippen LogP contribution in [0.25, 0.3) is 5.76 Å². The minimum Gasteiger partial charge on any atom is -0.506 e. The molecule has 0 saturated carbocycles. The van der Waals surface area contributed by atoms with Crippen LogP contribution < -0.4 is 9.47 Å². The zero-order valence-corrected chi connectivity index (χ0v) is 18.8. The monoisotopic (exact) mass is 461 g/mol. The number of methoxy groups -OCH3 is 2. The summed E-state index contributed by atoms with van der Waals surface area (Å²) in [5, 5.41) is 11.4. The normalized spacial score (nSPS) is 17.1. The lowest BCUT2D eigenvalue weighted by molar-refractivity contribution is -0.139. The van der Waals surface area contributed by atoms with Crippen LogP contribution in [0.2, 0.25) is 0 Å². The Kier molecular flexibility index (Phi) is 6.63. The summed E-state index contributed by atoms with van der Waals surface area (Å²) in [5.74, 6) is -1.61. The Balaban J connectivity index is 1.83.